The summed E-state index contributed by atoms with van der Waals surface area (Å²) in [6, 6.07) is 28.8. The molecule has 2 atom stereocenters. The average Bonchev–Trinajstić information content (AvgIpc) is 2.93. The fourth-order valence-corrected chi connectivity index (χ4v) is 5.75. The van der Waals surface area contributed by atoms with Gasteiger partial charge in [0.05, 0.1) is 11.1 Å². The van der Waals surface area contributed by atoms with Gasteiger partial charge >= 0.3 is 12.4 Å². The van der Waals surface area contributed by atoms with Crippen molar-refractivity contribution in [2.45, 2.75) is 42.4 Å². The molecule has 0 aromatic heterocycles. The summed E-state index contributed by atoms with van der Waals surface area (Å²) in [6.45, 7) is 0. The van der Waals surface area contributed by atoms with E-state index >= 15 is 0 Å². The molecule has 41 heavy (non-hydrogen) atoms. The third kappa shape index (κ3) is 8.52. The lowest BCUT2D eigenvalue weighted by Crippen LogP contribution is -2.39. The third-order valence-electron chi connectivity index (χ3n) is 7.21. The first-order valence-electron chi connectivity index (χ1n) is 13.1. The van der Waals surface area contributed by atoms with Crippen molar-refractivity contribution >= 4 is 23.2 Å². The molecule has 0 bridgehead atoms. The number of hydrogen-bond acceptors (Lipinski definition) is 0. The Labute approximate surface area is 245 Å². The van der Waals surface area contributed by atoms with Crippen molar-refractivity contribution in [3.63, 3.8) is 0 Å². The molecule has 4 aromatic rings. The topological polar surface area (TPSA) is 0 Å². The highest BCUT2D eigenvalue weighted by atomic mass is 35.5. The van der Waals surface area contributed by atoms with Gasteiger partial charge in [0.15, 0.2) is 0 Å². The first-order chi connectivity index (χ1) is 19.3. The quantitative estimate of drug-likeness (QED) is 0.124. The molecule has 0 saturated heterocycles. The van der Waals surface area contributed by atoms with E-state index in [1.54, 1.807) is 12.1 Å². The molecule has 0 amide bonds. The molecule has 0 aliphatic carbocycles. The molecule has 8 heteroatoms. The van der Waals surface area contributed by atoms with E-state index in [0.29, 0.717) is 24.0 Å². The van der Waals surface area contributed by atoms with Crippen molar-refractivity contribution in [1.82, 2.24) is 0 Å². The molecule has 4 rings (SSSR count). The Bertz CT molecular complexity index is 1290. The summed E-state index contributed by atoms with van der Waals surface area (Å²) < 4.78 is 79.4. The summed E-state index contributed by atoms with van der Waals surface area (Å²) in [6.07, 6.45) is -8.03. The zero-order valence-corrected chi connectivity index (χ0v) is 23.4. The zero-order chi connectivity index (χ0) is 29.7. The van der Waals surface area contributed by atoms with Gasteiger partial charge in [-0.1, -0.05) is 97.1 Å². The molecule has 0 N–H and O–H groups in total. The molecule has 0 fully saturated rings. The van der Waals surface area contributed by atoms with Crippen LogP contribution < -0.4 is 0 Å². The molecular weight excluding hydrogens is 581 g/mol. The SMILES string of the molecule is FC(F)(F)c1cccc(CC(Cc2ccccc2)C(Cl)(Cl)C(Cc2ccccc2)Cc2cccc(C(F)(F)F)c2)c1. The van der Waals surface area contributed by atoms with E-state index < -0.39 is 39.6 Å². The molecule has 2 unspecified atom stereocenters. The first-order valence-corrected chi connectivity index (χ1v) is 13.9. The maximum absolute atomic E-state index is 13.5. The fourth-order valence-electron chi connectivity index (χ4n) is 5.14. The fraction of sp³-hybridized carbons (Fsp3) is 0.273. The van der Waals surface area contributed by atoms with Crippen molar-refractivity contribution in [3.8, 4) is 0 Å². The summed E-state index contributed by atoms with van der Waals surface area (Å²) in [5.74, 6) is -1.12. The largest absolute Gasteiger partial charge is 0.416 e. The van der Waals surface area contributed by atoms with Crippen LogP contribution in [-0.2, 0) is 38.0 Å². The predicted molar refractivity (Wildman–Crippen MR) is 152 cm³/mol. The molecule has 4 aromatic carbocycles. The van der Waals surface area contributed by atoms with Gasteiger partial charge in [0.2, 0.25) is 0 Å². The molecule has 0 nitrogen and oxygen atoms in total. The minimum Gasteiger partial charge on any atom is -0.166 e. The maximum Gasteiger partial charge on any atom is 0.416 e. The van der Waals surface area contributed by atoms with Crippen LogP contribution in [0.1, 0.15) is 33.4 Å². The van der Waals surface area contributed by atoms with Gasteiger partial charge in [-0.15, -0.1) is 23.2 Å². The summed E-state index contributed by atoms with van der Waals surface area (Å²) >= 11 is 14.5. The van der Waals surface area contributed by atoms with Crippen LogP contribution in [0.15, 0.2) is 109 Å². The van der Waals surface area contributed by atoms with Gasteiger partial charge in [0.1, 0.15) is 4.33 Å². The molecular formula is C33H28Cl2F6. The Morgan fingerprint density at radius 2 is 0.756 bits per heavy atom. The maximum atomic E-state index is 13.5. The smallest absolute Gasteiger partial charge is 0.166 e. The normalized spacial score (nSPS) is 14.0. The highest BCUT2D eigenvalue weighted by Crippen LogP contribution is 2.45. The molecule has 0 aliphatic heterocycles. The molecule has 0 spiro atoms. The van der Waals surface area contributed by atoms with E-state index in [4.69, 9.17) is 23.2 Å². The van der Waals surface area contributed by atoms with E-state index in [0.717, 1.165) is 35.4 Å². The predicted octanol–water partition coefficient (Wildman–Crippen LogP) is 10.4. The van der Waals surface area contributed by atoms with Crippen molar-refractivity contribution in [2.24, 2.45) is 11.8 Å². The van der Waals surface area contributed by atoms with E-state index in [9.17, 15) is 26.3 Å². The van der Waals surface area contributed by atoms with Gasteiger partial charge in [-0.05, 0) is 60.1 Å². The number of hydrogen-bond donors (Lipinski definition) is 0. The summed E-state index contributed by atoms with van der Waals surface area (Å²) in [5, 5.41) is 0. The van der Waals surface area contributed by atoms with E-state index in [1.807, 2.05) is 60.7 Å². The monoisotopic (exact) mass is 608 g/mol. The van der Waals surface area contributed by atoms with Crippen LogP contribution in [0.2, 0.25) is 0 Å². The van der Waals surface area contributed by atoms with Crippen molar-refractivity contribution < 1.29 is 26.3 Å². The second-order valence-corrected chi connectivity index (χ2v) is 11.7. The number of halogens is 8. The summed E-state index contributed by atoms with van der Waals surface area (Å²) in [4.78, 5) is 0. The Morgan fingerprint density at radius 1 is 0.439 bits per heavy atom. The van der Waals surface area contributed by atoms with Gasteiger partial charge in [-0.2, -0.15) is 26.3 Å². The minimum absolute atomic E-state index is 0.139. The third-order valence-corrected chi connectivity index (χ3v) is 8.45. The van der Waals surface area contributed by atoms with E-state index in [2.05, 4.69) is 0 Å². The minimum atomic E-state index is -4.51. The standard InChI is InChI=1S/C33H28Cl2F6/c34-31(35,29(17-23-9-3-1-4-10-23)21-25-13-7-15-27(19-25)32(36,37)38)30(18-24-11-5-2-6-12-24)22-26-14-8-16-28(20-26)33(39,40)41/h1-16,19-20,29-30H,17-18,21-22H2. The Kier molecular flexibility index (Phi) is 9.76. The van der Waals surface area contributed by atoms with Gasteiger partial charge in [-0.3, -0.25) is 0 Å². The van der Waals surface area contributed by atoms with E-state index in [-0.39, 0.29) is 12.8 Å². The lowest BCUT2D eigenvalue weighted by atomic mass is 9.79. The van der Waals surface area contributed by atoms with Crippen LogP contribution in [0.4, 0.5) is 26.3 Å². The van der Waals surface area contributed by atoms with Crippen molar-refractivity contribution in [3.05, 3.63) is 143 Å². The van der Waals surface area contributed by atoms with Crippen LogP contribution >= 0.6 is 23.2 Å². The lowest BCUT2D eigenvalue weighted by Gasteiger charge is -2.38. The molecule has 216 valence electrons. The second kappa shape index (κ2) is 12.9. The van der Waals surface area contributed by atoms with Crippen LogP contribution in [0.3, 0.4) is 0 Å². The molecule has 0 aliphatic rings. The van der Waals surface area contributed by atoms with Crippen LogP contribution in [0, 0.1) is 11.8 Å². The van der Waals surface area contributed by atoms with Crippen molar-refractivity contribution in [2.75, 3.05) is 0 Å². The summed E-state index contributed by atoms with van der Waals surface area (Å²) in [5.41, 5.74) is 1.09. The molecule has 0 heterocycles. The van der Waals surface area contributed by atoms with Gasteiger partial charge in [0.25, 0.3) is 0 Å². The lowest BCUT2D eigenvalue weighted by molar-refractivity contribution is -0.138. The van der Waals surface area contributed by atoms with Gasteiger partial charge in [-0.25, -0.2) is 0 Å². The Morgan fingerprint density at radius 3 is 1.10 bits per heavy atom. The Balaban J connectivity index is 1.74. The van der Waals surface area contributed by atoms with E-state index in [1.165, 1.54) is 12.1 Å². The van der Waals surface area contributed by atoms with Crippen molar-refractivity contribution in [1.29, 1.82) is 0 Å². The number of rotatable bonds is 10. The van der Waals surface area contributed by atoms with Crippen LogP contribution in [-0.4, -0.2) is 4.33 Å². The highest BCUT2D eigenvalue weighted by molar-refractivity contribution is 6.48. The zero-order valence-electron chi connectivity index (χ0n) is 21.9. The van der Waals surface area contributed by atoms with Crippen LogP contribution in [0.5, 0.6) is 0 Å². The average molecular weight is 609 g/mol. The molecule has 0 radical (unpaired) electrons. The second-order valence-electron chi connectivity index (χ2n) is 10.3. The van der Waals surface area contributed by atoms with Gasteiger partial charge < -0.3 is 0 Å². The Hall–Kier alpha value is -2.96. The first kappa shape index (κ1) is 31.0. The van der Waals surface area contributed by atoms with Crippen LogP contribution in [0.25, 0.3) is 0 Å². The summed E-state index contributed by atoms with van der Waals surface area (Å²) in [7, 11) is 0. The molecule has 0 saturated carbocycles. The number of alkyl halides is 8. The number of benzene rings is 4. The highest BCUT2D eigenvalue weighted by Gasteiger charge is 2.43. The van der Waals surface area contributed by atoms with Gasteiger partial charge in [0, 0.05) is 11.8 Å².